The molecule has 0 saturated heterocycles. The summed E-state index contributed by atoms with van der Waals surface area (Å²) in [5.74, 6) is -0.326. The number of allylic oxidation sites excluding steroid dienone is 2. The van der Waals surface area contributed by atoms with E-state index >= 15 is 0 Å². The van der Waals surface area contributed by atoms with E-state index in [1.165, 1.54) is 225 Å². The monoisotopic (exact) mass is 928 g/mol. The van der Waals surface area contributed by atoms with Crippen molar-refractivity contribution >= 4 is 13.8 Å². The Kier molecular flexibility index (Phi) is 48.1. The van der Waals surface area contributed by atoms with Crippen molar-refractivity contribution in [3.05, 3.63) is 12.2 Å². The second kappa shape index (κ2) is 48.7. The third kappa shape index (κ3) is 52.2. The smallest absolute Gasteiger partial charge is 0.306 e. The average Bonchev–Trinajstić information content (AvgIpc) is 3.25. The summed E-state index contributed by atoms with van der Waals surface area (Å²) in [5, 5.41) is 0. The molecule has 9 heteroatoms. The number of quaternary nitrogens is 1. The molecule has 382 valence electrons. The van der Waals surface area contributed by atoms with Crippen LogP contribution in [0.15, 0.2) is 12.2 Å². The van der Waals surface area contributed by atoms with Gasteiger partial charge in [-0.25, -0.2) is 0 Å². The van der Waals surface area contributed by atoms with Gasteiger partial charge in [-0.05, 0) is 38.5 Å². The number of carbonyl (C=O) groups excluding carboxylic acids is 1. The number of phosphoric acid groups is 1. The molecule has 0 aromatic heterocycles. The van der Waals surface area contributed by atoms with E-state index in [9.17, 15) is 14.3 Å². The Bertz CT molecular complexity index is 1030. The first-order valence-corrected chi connectivity index (χ1v) is 29.4. The lowest BCUT2D eigenvalue weighted by Gasteiger charge is -2.28. The van der Waals surface area contributed by atoms with Crippen LogP contribution in [-0.2, 0) is 27.9 Å². The van der Waals surface area contributed by atoms with Crippen LogP contribution in [0.5, 0.6) is 0 Å². The van der Waals surface area contributed by atoms with Gasteiger partial charge in [0, 0.05) is 13.0 Å². The van der Waals surface area contributed by atoms with E-state index in [-0.39, 0.29) is 25.8 Å². The minimum Gasteiger partial charge on any atom is -0.756 e. The number of nitrogens with zero attached hydrogens (tertiary/aromatic N) is 1. The van der Waals surface area contributed by atoms with Crippen LogP contribution in [-0.4, -0.2) is 70.7 Å². The maximum Gasteiger partial charge on any atom is 0.306 e. The van der Waals surface area contributed by atoms with E-state index in [1.54, 1.807) is 0 Å². The van der Waals surface area contributed by atoms with Crippen LogP contribution in [0.4, 0.5) is 0 Å². The van der Waals surface area contributed by atoms with Gasteiger partial charge >= 0.3 is 5.97 Å². The van der Waals surface area contributed by atoms with Crippen molar-refractivity contribution in [2.24, 2.45) is 0 Å². The minimum absolute atomic E-state index is 0.0301. The normalized spacial score (nSPS) is 13.5. The van der Waals surface area contributed by atoms with Crippen molar-refractivity contribution in [2.45, 2.75) is 283 Å². The zero-order valence-electron chi connectivity index (χ0n) is 43.5. The SMILES string of the molecule is CCCCCCCCCC/C=C\CCCCCCCCCCCCCCOCC(COP(=O)([O-])OCC[N+](C)(C)C)OC(=O)CCCCCCCCCCCCCCCCCCCC. The van der Waals surface area contributed by atoms with E-state index in [4.69, 9.17) is 18.5 Å². The molecule has 0 spiro atoms. The zero-order valence-corrected chi connectivity index (χ0v) is 44.4. The lowest BCUT2D eigenvalue weighted by Crippen LogP contribution is -2.37. The number of hydrogen-bond donors (Lipinski definition) is 0. The highest BCUT2D eigenvalue weighted by Crippen LogP contribution is 2.38. The summed E-state index contributed by atoms with van der Waals surface area (Å²) >= 11 is 0. The predicted molar refractivity (Wildman–Crippen MR) is 273 cm³/mol. The van der Waals surface area contributed by atoms with Crippen LogP contribution in [0.25, 0.3) is 0 Å². The van der Waals surface area contributed by atoms with Gasteiger partial charge in [0.15, 0.2) is 0 Å². The summed E-state index contributed by atoms with van der Waals surface area (Å²) in [7, 11) is 1.38. The molecule has 0 aliphatic heterocycles. The number of likely N-dealkylation sites (N-methyl/N-ethyl adjacent to an activating group) is 1. The molecular formula is C55H110NO7P. The summed E-state index contributed by atoms with van der Waals surface area (Å²) in [6.45, 7) is 5.48. The third-order valence-corrected chi connectivity index (χ3v) is 13.5. The van der Waals surface area contributed by atoms with E-state index in [0.717, 1.165) is 32.1 Å². The van der Waals surface area contributed by atoms with Crippen LogP contribution in [0, 0.1) is 0 Å². The molecule has 2 atom stereocenters. The van der Waals surface area contributed by atoms with Gasteiger partial charge in [-0.3, -0.25) is 9.36 Å². The summed E-state index contributed by atoms with van der Waals surface area (Å²) in [4.78, 5) is 25.2. The first kappa shape index (κ1) is 63.2. The van der Waals surface area contributed by atoms with Gasteiger partial charge in [0.25, 0.3) is 7.82 Å². The largest absolute Gasteiger partial charge is 0.756 e. The van der Waals surface area contributed by atoms with Crippen molar-refractivity contribution in [1.82, 2.24) is 0 Å². The van der Waals surface area contributed by atoms with Gasteiger partial charge in [-0.1, -0.05) is 244 Å². The standard InChI is InChI=1S/C55H110NO7P/c1-6-8-10-12-14-16-18-20-22-24-26-27-28-29-30-31-33-35-37-39-41-43-45-47-50-60-52-54(53-62-64(58,59)61-51-49-56(3,4)5)63-55(57)48-46-44-42-40-38-36-34-32-25-23-21-19-17-15-13-11-9-7-2/h24,26,54H,6-23,25,27-53H2,1-5H3/b26-24-. The summed E-state index contributed by atoms with van der Waals surface area (Å²) < 4.78 is 34.8. The Balaban J connectivity index is 4.04. The number of hydrogen-bond acceptors (Lipinski definition) is 7. The lowest BCUT2D eigenvalue weighted by molar-refractivity contribution is -0.870. The first-order chi connectivity index (χ1) is 31.1. The maximum absolute atomic E-state index is 12.8. The Morgan fingerprint density at radius 3 is 1.19 bits per heavy atom. The highest BCUT2D eigenvalue weighted by atomic mass is 31.2. The van der Waals surface area contributed by atoms with Crippen molar-refractivity contribution in [3.8, 4) is 0 Å². The van der Waals surface area contributed by atoms with E-state index in [1.807, 2.05) is 21.1 Å². The number of rotatable bonds is 53. The van der Waals surface area contributed by atoms with Crippen molar-refractivity contribution in [3.63, 3.8) is 0 Å². The Morgan fingerprint density at radius 2 is 0.812 bits per heavy atom. The van der Waals surface area contributed by atoms with Crippen LogP contribution in [0.2, 0.25) is 0 Å². The number of unbranched alkanes of at least 4 members (excludes halogenated alkanes) is 37. The average molecular weight is 928 g/mol. The van der Waals surface area contributed by atoms with Crippen molar-refractivity contribution in [1.29, 1.82) is 0 Å². The lowest BCUT2D eigenvalue weighted by atomic mass is 10.0. The Morgan fingerprint density at radius 1 is 0.469 bits per heavy atom. The Hall–Kier alpha value is -0.760. The van der Waals surface area contributed by atoms with E-state index in [2.05, 4.69) is 26.0 Å². The number of ether oxygens (including phenoxy) is 2. The van der Waals surface area contributed by atoms with Gasteiger partial charge in [0.1, 0.15) is 19.3 Å². The van der Waals surface area contributed by atoms with Crippen LogP contribution >= 0.6 is 7.82 Å². The molecule has 0 aromatic carbocycles. The van der Waals surface area contributed by atoms with Crippen LogP contribution < -0.4 is 4.89 Å². The quantitative estimate of drug-likeness (QED) is 0.0197. The summed E-state index contributed by atoms with van der Waals surface area (Å²) in [5.41, 5.74) is 0. The molecule has 0 aromatic rings. The molecule has 0 saturated carbocycles. The Labute approximate surface area is 399 Å². The fraction of sp³-hybridized carbons (Fsp3) is 0.945. The highest BCUT2D eigenvalue weighted by molar-refractivity contribution is 7.45. The molecular weight excluding hydrogens is 818 g/mol. The van der Waals surface area contributed by atoms with E-state index in [0.29, 0.717) is 24.1 Å². The van der Waals surface area contributed by atoms with Gasteiger partial charge in [-0.2, -0.15) is 0 Å². The summed E-state index contributed by atoms with van der Waals surface area (Å²) in [6.07, 6.45) is 56.7. The van der Waals surface area contributed by atoms with Crippen LogP contribution in [0.3, 0.4) is 0 Å². The van der Waals surface area contributed by atoms with Gasteiger partial charge in [0.05, 0.1) is 34.4 Å². The predicted octanol–water partition coefficient (Wildman–Crippen LogP) is 16.7. The second-order valence-electron chi connectivity index (χ2n) is 20.3. The topological polar surface area (TPSA) is 94.1 Å². The maximum atomic E-state index is 12.8. The first-order valence-electron chi connectivity index (χ1n) is 27.9. The van der Waals surface area contributed by atoms with Gasteiger partial charge in [-0.15, -0.1) is 0 Å². The zero-order chi connectivity index (χ0) is 46.9. The molecule has 2 unspecified atom stereocenters. The molecule has 0 rings (SSSR count). The molecule has 64 heavy (non-hydrogen) atoms. The fourth-order valence-electron chi connectivity index (χ4n) is 8.25. The fourth-order valence-corrected chi connectivity index (χ4v) is 8.98. The number of esters is 1. The molecule has 0 radical (unpaired) electrons. The third-order valence-electron chi connectivity index (χ3n) is 12.6. The van der Waals surface area contributed by atoms with Crippen molar-refractivity contribution < 1.29 is 37.3 Å². The molecule has 0 fully saturated rings. The van der Waals surface area contributed by atoms with Gasteiger partial charge in [0.2, 0.25) is 0 Å². The van der Waals surface area contributed by atoms with Crippen LogP contribution in [0.1, 0.15) is 277 Å². The number of phosphoric ester groups is 1. The molecule has 0 heterocycles. The van der Waals surface area contributed by atoms with Gasteiger partial charge < -0.3 is 27.9 Å². The van der Waals surface area contributed by atoms with E-state index < -0.39 is 13.9 Å². The van der Waals surface area contributed by atoms with Crippen molar-refractivity contribution in [2.75, 3.05) is 54.1 Å². The molecule has 0 amide bonds. The second-order valence-corrected chi connectivity index (χ2v) is 21.7. The summed E-state index contributed by atoms with van der Waals surface area (Å²) in [6, 6.07) is 0. The minimum atomic E-state index is -4.53. The molecule has 0 N–H and O–H groups in total. The number of carbonyl (C=O) groups is 1. The molecule has 0 bridgehead atoms. The highest BCUT2D eigenvalue weighted by Gasteiger charge is 2.20. The molecule has 0 aliphatic rings. The molecule has 0 aliphatic carbocycles. The molecule has 8 nitrogen and oxygen atoms in total.